The Hall–Kier alpha value is -2.79. The molecule has 120 valence electrons. The molecule has 0 aliphatic rings. The molecule has 0 unspecified atom stereocenters. The van der Waals surface area contributed by atoms with Gasteiger partial charge in [-0.3, -0.25) is 4.79 Å². The molecular formula is C18H11ClF2N2O. The van der Waals surface area contributed by atoms with Crippen molar-refractivity contribution in [1.82, 2.24) is 9.97 Å². The van der Waals surface area contributed by atoms with E-state index in [1.807, 2.05) is 0 Å². The number of rotatable bonds is 0. The van der Waals surface area contributed by atoms with Crippen LogP contribution in [0.2, 0.25) is 5.15 Å². The van der Waals surface area contributed by atoms with Crippen LogP contribution in [-0.2, 0) is 0 Å². The van der Waals surface area contributed by atoms with E-state index in [-0.39, 0.29) is 17.2 Å². The number of aromatic amines is 1. The van der Waals surface area contributed by atoms with Crippen LogP contribution in [0.5, 0.6) is 0 Å². The van der Waals surface area contributed by atoms with E-state index in [1.54, 1.807) is 30.3 Å². The Bertz CT molecular complexity index is 1040. The molecule has 0 fully saturated rings. The van der Waals surface area contributed by atoms with Gasteiger partial charge < -0.3 is 4.98 Å². The van der Waals surface area contributed by atoms with Gasteiger partial charge in [0.2, 0.25) is 0 Å². The standard InChI is InChI=1S/C9H5ClFN.C9H6FNO/c10-9-7-2-1-3-8(11)6(7)4-5-12-9;10-8-3-1-2-7-6(8)4-5-11-9(7)12/h1-5H;1-5H,(H,11,12). The van der Waals surface area contributed by atoms with Gasteiger partial charge in [0.05, 0.1) is 0 Å². The highest BCUT2D eigenvalue weighted by molar-refractivity contribution is 6.34. The quantitative estimate of drug-likeness (QED) is 0.470. The number of pyridine rings is 2. The van der Waals surface area contributed by atoms with E-state index in [0.717, 1.165) is 0 Å². The lowest BCUT2D eigenvalue weighted by atomic mass is 10.2. The van der Waals surface area contributed by atoms with Crippen molar-refractivity contribution in [1.29, 1.82) is 0 Å². The number of aromatic nitrogens is 2. The first-order chi connectivity index (χ1) is 11.6. The Morgan fingerprint density at radius 3 is 2.08 bits per heavy atom. The molecule has 0 saturated carbocycles. The second kappa shape index (κ2) is 6.76. The van der Waals surface area contributed by atoms with Crippen LogP contribution in [0.1, 0.15) is 0 Å². The van der Waals surface area contributed by atoms with Crippen molar-refractivity contribution in [2.75, 3.05) is 0 Å². The zero-order valence-corrected chi connectivity index (χ0v) is 13.0. The summed E-state index contributed by atoms with van der Waals surface area (Å²) < 4.78 is 26.1. The molecular weight excluding hydrogens is 334 g/mol. The number of nitrogens with one attached hydrogen (secondary N) is 1. The van der Waals surface area contributed by atoms with Crippen molar-refractivity contribution >= 4 is 33.1 Å². The summed E-state index contributed by atoms with van der Waals surface area (Å²) in [6, 6.07) is 12.4. The largest absolute Gasteiger partial charge is 0.329 e. The lowest BCUT2D eigenvalue weighted by Crippen LogP contribution is -2.04. The Balaban J connectivity index is 0.000000141. The highest BCUT2D eigenvalue weighted by Crippen LogP contribution is 2.22. The average molecular weight is 345 g/mol. The van der Waals surface area contributed by atoms with Gasteiger partial charge in [0, 0.05) is 33.9 Å². The first kappa shape index (κ1) is 16.1. The molecule has 3 nitrogen and oxygen atoms in total. The molecule has 0 aliphatic heterocycles. The van der Waals surface area contributed by atoms with Gasteiger partial charge in [-0.25, -0.2) is 13.8 Å². The van der Waals surface area contributed by atoms with Gasteiger partial charge in [-0.2, -0.15) is 0 Å². The highest BCUT2D eigenvalue weighted by Gasteiger charge is 2.02. The van der Waals surface area contributed by atoms with Gasteiger partial charge in [-0.15, -0.1) is 0 Å². The fourth-order valence-electron chi connectivity index (χ4n) is 2.32. The highest BCUT2D eigenvalue weighted by atomic mass is 35.5. The minimum atomic E-state index is -0.362. The van der Waals surface area contributed by atoms with E-state index in [4.69, 9.17) is 11.6 Å². The predicted octanol–water partition coefficient (Wildman–Crippen LogP) is 4.69. The van der Waals surface area contributed by atoms with E-state index >= 15 is 0 Å². The molecule has 6 heteroatoms. The molecule has 0 amide bonds. The number of hydrogen-bond donors (Lipinski definition) is 1. The number of fused-ring (bicyclic) bond motifs is 2. The minimum Gasteiger partial charge on any atom is -0.329 e. The number of halogens is 3. The summed E-state index contributed by atoms with van der Waals surface area (Å²) in [4.78, 5) is 17.4. The van der Waals surface area contributed by atoms with Crippen LogP contribution in [0.25, 0.3) is 21.5 Å². The fraction of sp³-hybridized carbons (Fsp3) is 0. The van der Waals surface area contributed by atoms with Gasteiger partial charge in [0.15, 0.2) is 0 Å². The van der Waals surface area contributed by atoms with Crippen molar-refractivity contribution in [3.05, 3.63) is 88.1 Å². The Kier molecular flexibility index (Phi) is 4.53. The van der Waals surface area contributed by atoms with E-state index in [0.29, 0.717) is 26.7 Å². The van der Waals surface area contributed by atoms with Crippen molar-refractivity contribution in [3.8, 4) is 0 Å². The maximum atomic E-state index is 13.1. The zero-order chi connectivity index (χ0) is 17.1. The molecule has 0 radical (unpaired) electrons. The molecule has 2 aromatic carbocycles. The molecule has 0 atom stereocenters. The number of benzene rings is 2. The summed E-state index contributed by atoms with van der Waals surface area (Å²) in [5.74, 6) is -0.629. The van der Waals surface area contributed by atoms with Crippen LogP contribution >= 0.6 is 11.6 Å². The molecule has 4 rings (SSSR count). The fourth-order valence-corrected chi connectivity index (χ4v) is 2.54. The SMILES string of the molecule is Fc1cccc2c(Cl)nccc12.O=c1[nH]ccc2c(F)cccc12. The third-order valence-corrected chi connectivity index (χ3v) is 3.77. The summed E-state index contributed by atoms with van der Waals surface area (Å²) in [6.07, 6.45) is 2.93. The average Bonchev–Trinajstić information content (AvgIpc) is 2.58. The molecule has 2 aromatic heterocycles. The summed E-state index contributed by atoms with van der Waals surface area (Å²) >= 11 is 5.75. The number of nitrogens with zero attached hydrogens (tertiary/aromatic N) is 1. The summed E-state index contributed by atoms with van der Waals surface area (Å²) in [5.41, 5.74) is -0.257. The van der Waals surface area contributed by atoms with E-state index in [1.165, 1.54) is 30.6 Å². The number of H-pyrrole nitrogens is 1. The van der Waals surface area contributed by atoms with Crippen LogP contribution in [0.4, 0.5) is 8.78 Å². The molecule has 24 heavy (non-hydrogen) atoms. The van der Waals surface area contributed by atoms with Gasteiger partial charge in [-0.05, 0) is 30.3 Å². The first-order valence-corrected chi connectivity index (χ1v) is 7.40. The lowest BCUT2D eigenvalue weighted by molar-refractivity contribution is 0.639. The smallest absolute Gasteiger partial charge is 0.255 e. The van der Waals surface area contributed by atoms with Crippen LogP contribution in [-0.4, -0.2) is 9.97 Å². The van der Waals surface area contributed by atoms with Gasteiger partial charge in [0.1, 0.15) is 16.8 Å². The minimum absolute atomic E-state index is 0.257. The third-order valence-electron chi connectivity index (χ3n) is 3.47. The summed E-state index contributed by atoms with van der Waals surface area (Å²) in [7, 11) is 0. The van der Waals surface area contributed by atoms with Crippen molar-refractivity contribution in [3.63, 3.8) is 0 Å². The molecule has 0 aliphatic carbocycles. The van der Waals surface area contributed by atoms with E-state index in [9.17, 15) is 13.6 Å². The lowest BCUT2D eigenvalue weighted by Gasteiger charge is -1.98. The molecule has 4 aromatic rings. The van der Waals surface area contributed by atoms with Gasteiger partial charge in [-0.1, -0.05) is 29.8 Å². The molecule has 0 bridgehead atoms. The van der Waals surface area contributed by atoms with Crippen molar-refractivity contribution < 1.29 is 8.78 Å². The topological polar surface area (TPSA) is 45.8 Å². The third kappa shape index (κ3) is 3.12. The second-order valence-electron chi connectivity index (χ2n) is 4.94. The Morgan fingerprint density at radius 2 is 1.46 bits per heavy atom. The normalized spacial score (nSPS) is 10.5. The maximum absolute atomic E-state index is 13.1. The van der Waals surface area contributed by atoms with E-state index < -0.39 is 0 Å². The number of hydrogen-bond acceptors (Lipinski definition) is 2. The van der Waals surface area contributed by atoms with Crippen LogP contribution in [0.3, 0.4) is 0 Å². The first-order valence-electron chi connectivity index (χ1n) is 7.02. The van der Waals surface area contributed by atoms with Gasteiger partial charge in [0.25, 0.3) is 5.56 Å². The molecule has 0 saturated heterocycles. The Labute approximate surface area is 140 Å². The second-order valence-corrected chi connectivity index (χ2v) is 5.30. The predicted molar refractivity (Wildman–Crippen MR) is 91.2 cm³/mol. The summed E-state index contributed by atoms with van der Waals surface area (Å²) in [6.45, 7) is 0. The van der Waals surface area contributed by atoms with Crippen molar-refractivity contribution in [2.24, 2.45) is 0 Å². The molecule has 0 spiro atoms. The van der Waals surface area contributed by atoms with Crippen LogP contribution < -0.4 is 5.56 Å². The van der Waals surface area contributed by atoms with E-state index in [2.05, 4.69) is 9.97 Å². The van der Waals surface area contributed by atoms with Gasteiger partial charge >= 0.3 is 0 Å². The summed E-state index contributed by atoms with van der Waals surface area (Å²) in [5, 5.41) is 2.25. The maximum Gasteiger partial charge on any atom is 0.255 e. The Morgan fingerprint density at radius 1 is 0.833 bits per heavy atom. The molecule has 1 N–H and O–H groups in total. The van der Waals surface area contributed by atoms with Crippen LogP contribution in [0.15, 0.2) is 65.7 Å². The van der Waals surface area contributed by atoms with Crippen molar-refractivity contribution in [2.45, 2.75) is 0 Å². The molecule has 2 heterocycles. The zero-order valence-electron chi connectivity index (χ0n) is 12.3. The van der Waals surface area contributed by atoms with Crippen LogP contribution in [0, 0.1) is 11.6 Å². The monoisotopic (exact) mass is 344 g/mol.